The van der Waals surface area contributed by atoms with E-state index >= 15 is 0 Å². The fraction of sp³-hybridized carbons (Fsp3) is 0.636. The lowest BCUT2D eigenvalue weighted by atomic mass is 10.5. The van der Waals surface area contributed by atoms with Gasteiger partial charge in [0.05, 0.1) is 18.1 Å². The molecule has 0 radical (unpaired) electrons. The van der Waals surface area contributed by atoms with Gasteiger partial charge in [0.15, 0.2) is 0 Å². The van der Waals surface area contributed by atoms with E-state index in [1.54, 1.807) is 0 Å². The largest absolute Gasteiger partial charge is 0.319 e. The van der Waals surface area contributed by atoms with Gasteiger partial charge < -0.3 is 9.05 Å². The van der Waals surface area contributed by atoms with Crippen molar-refractivity contribution in [3.8, 4) is 0 Å². The Morgan fingerprint density at radius 3 is 2.40 bits per heavy atom. The number of halogens is 1. The van der Waals surface area contributed by atoms with Gasteiger partial charge in [-0.2, -0.15) is 5.10 Å². The first kappa shape index (κ1) is 18.1. The van der Waals surface area contributed by atoms with E-state index in [-0.39, 0.29) is 28.8 Å². The molecule has 0 saturated heterocycles. The van der Waals surface area contributed by atoms with Gasteiger partial charge in [0, 0.05) is 6.07 Å². The minimum atomic E-state index is -2.52. The van der Waals surface area contributed by atoms with Crippen LogP contribution in [0.25, 0.3) is 0 Å². The van der Waals surface area contributed by atoms with E-state index in [9.17, 15) is 4.79 Å². The average Bonchev–Trinajstić information content (AvgIpc) is 2.28. The second-order valence-electron chi connectivity index (χ2n) is 4.51. The van der Waals surface area contributed by atoms with E-state index in [1.165, 1.54) is 28.2 Å². The van der Waals surface area contributed by atoms with Gasteiger partial charge in [-0.25, -0.2) is 4.68 Å². The van der Waals surface area contributed by atoms with Gasteiger partial charge in [-0.1, -0.05) is 11.6 Å². The van der Waals surface area contributed by atoms with Crippen LogP contribution in [0.4, 0.5) is 0 Å². The van der Waals surface area contributed by atoms with Crippen LogP contribution in [0.1, 0.15) is 27.7 Å². The lowest BCUT2D eigenvalue weighted by Crippen LogP contribution is -2.20. The second kappa shape index (κ2) is 7.92. The summed E-state index contributed by atoms with van der Waals surface area (Å²) in [6, 6.07) is 2.82. The lowest BCUT2D eigenvalue weighted by molar-refractivity contribution is 0.186. The molecule has 1 aromatic rings. The number of hydrogen-bond donors (Lipinski definition) is 0. The molecule has 9 heteroatoms. The minimum Gasteiger partial charge on any atom is -0.319 e. The SMILES string of the molecule is CC(C)OP(=S)(OC(C)C)SCn1nc(Cl)ccc1=O. The number of aromatic nitrogens is 2. The van der Waals surface area contributed by atoms with Crippen LogP contribution in [0, 0.1) is 0 Å². The summed E-state index contributed by atoms with van der Waals surface area (Å²) in [6.45, 7) is 7.59. The maximum absolute atomic E-state index is 11.7. The molecule has 1 heterocycles. The van der Waals surface area contributed by atoms with Crippen LogP contribution in [-0.4, -0.2) is 22.0 Å². The van der Waals surface area contributed by atoms with Gasteiger partial charge >= 0.3 is 0 Å². The molecular weight excluding hydrogens is 339 g/mol. The van der Waals surface area contributed by atoms with Crippen molar-refractivity contribution in [2.45, 2.75) is 45.8 Å². The zero-order valence-electron chi connectivity index (χ0n) is 11.8. The highest BCUT2D eigenvalue weighted by molar-refractivity contribution is 8.67. The van der Waals surface area contributed by atoms with Crippen molar-refractivity contribution in [2.75, 3.05) is 0 Å². The predicted octanol–water partition coefficient (Wildman–Crippen LogP) is 3.66. The third kappa shape index (κ3) is 6.24. The predicted molar refractivity (Wildman–Crippen MR) is 87.8 cm³/mol. The Hall–Kier alpha value is 0.0900. The smallest absolute Gasteiger partial charge is 0.267 e. The van der Waals surface area contributed by atoms with E-state index in [1.807, 2.05) is 27.7 Å². The molecule has 0 unspecified atom stereocenters. The van der Waals surface area contributed by atoms with Crippen molar-refractivity contribution in [1.82, 2.24) is 9.78 Å². The Morgan fingerprint density at radius 2 is 1.90 bits per heavy atom. The molecule has 0 N–H and O–H groups in total. The van der Waals surface area contributed by atoms with Crippen molar-refractivity contribution in [2.24, 2.45) is 0 Å². The zero-order valence-corrected chi connectivity index (χ0v) is 15.1. The summed E-state index contributed by atoms with van der Waals surface area (Å²) in [4.78, 5) is 11.7. The van der Waals surface area contributed by atoms with Crippen molar-refractivity contribution < 1.29 is 9.05 Å². The van der Waals surface area contributed by atoms with Crippen LogP contribution in [0.15, 0.2) is 16.9 Å². The Bertz CT molecular complexity index is 537. The second-order valence-corrected chi connectivity index (χ2v) is 11.1. The quantitative estimate of drug-likeness (QED) is 0.695. The molecule has 20 heavy (non-hydrogen) atoms. The van der Waals surface area contributed by atoms with Crippen molar-refractivity contribution in [1.29, 1.82) is 0 Å². The van der Waals surface area contributed by atoms with Gasteiger partial charge in [-0.05, 0) is 56.9 Å². The van der Waals surface area contributed by atoms with Crippen LogP contribution in [0.2, 0.25) is 5.15 Å². The first-order valence-corrected chi connectivity index (χ1v) is 10.7. The van der Waals surface area contributed by atoms with E-state index in [0.717, 1.165) is 0 Å². The van der Waals surface area contributed by atoms with Crippen molar-refractivity contribution in [3.63, 3.8) is 0 Å². The maximum Gasteiger partial charge on any atom is 0.267 e. The van der Waals surface area contributed by atoms with Crippen molar-refractivity contribution >= 4 is 40.5 Å². The normalized spacial score (nSPS) is 12.3. The molecule has 0 aliphatic carbocycles. The fourth-order valence-corrected chi connectivity index (χ4v) is 6.65. The van der Waals surface area contributed by atoms with Gasteiger partial charge in [0.25, 0.3) is 5.56 Å². The molecule has 0 atom stereocenters. The molecule has 0 fully saturated rings. The third-order valence-corrected chi connectivity index (χ3v) is 7.37. The van der Waals surface area contributed by atoms with Crippen LogP contribution in [-0.2, 0) is 26.7 Å². The highest BCUT2D eigenvalue weighted by atomic mass is 35.5. The van der Waals surface area contributed by atoms with E-state index in [4.69, 9.17) is 32.5 Å². The van der Waals surface area contributed by atoms with E-state index in [2.05, 4.69) is 5.10 Å². The summed E-state index contributed by atoms with van der Waals surface area (Å²) in [7, 11) is 0. The highest BCUT2D eigenvalue weighted by Crippen LogP contribution is 2.62. The van der Waals surface area contributed by atoms with Gasteiger partial charge in [0.1, 0.15) is 5.15 Å². The summed E-state index contributed by atoms with van der Waals surface area (Å²) in [5.74, 6) is 0.246. The Balaban J connectivity index is 2.83. The number of nitrogens with zero attached hydrogens (tertiary/aromatic N) is 2. The van der Waals surface area contributed by atoms with Crippen LogP contribution in [0.5, 0.6) is 0 Å². The van der Waals surface area contributed by atoms with Crippen LogP contribution >= 0.6 is 28.7 Å². The molecule has 0 bridgehead atoms. The van der Waals surface area contributed by atoms with Crippen LogP contribution < -0.4 is 5.56 Å². The van der Waals surface area contributed by atoms with E-state index in [0.29, 0.717) is 0 Å². The van der Waals surface area contributed by atoms with Crippen LogP contribution in [0.3, 0.4) is 0 Å². The molecule has 0 amide bonds. The van der Waals surface area contributed by atoms with Gasteiger partial charge in [-0.3, -0.25) is 4.79 Å². The molecular formula is C11H18ClN2O3PS2. The zero-order chi connectivity index (χ0) is 15.3. The molecule has 114 valence electrons. The molecule has 0 spiro atoms. The fourth-order valence-electron chi connectivity index (χ4n) is 1.24. The summed E-state index contributed by atoms with van der Waals surface area (Å²) in [5, 5.41) is 4.20. The molecule has 5 nitrogen and oxygen atoms in total. The standard InChI is InChI=1S/C11H18ClN2O3PS2/c1-8(2)16-18(19,17-9(3)4)20-7-14-11(15)6-5-10(12)13-14/h5-6,8-9H,7H2,1-4H3. The monoisotopic (exact) mass is 356 g/mol. The Labute approximate surface area is 132 Å². The van der Waals surface area contributed by atoms with Crippen molar-refractivity contribution in [3.05, 3.63) is 27.6 Å². The molecule has 1 rings (SSSR count). The topological polar surface area (TPSA) is 53.4 Å². The highest BCUT2D eigenvalue weighted by Gasteiger charge is 2.24. The minimum absolute atomic E-state index is 0.0453. The Kier molecular flexibility index (Phi) is 7.18. The number of hydrogen-bond acceptors (Lipinski definition) is 6. The molecule has 0 aliphatic heterocycles. The summed E-state index contributed by atoms with van der Waals surface area (Å²) in [5.41, 5.74) is -2.76. The molecule has 0 aromatic carbocycles. The van der Waals surface area contributed by atoms with Gasteiger partial charge in [-0.15, -0.1) is 0 Å². The molecule has 1 aromatic heterocycles. The first-order chi connectivity index (χ1) is 9.22. The van der Waals surface area contributed by atoms with Gasteiger partial charge in [0.2, 0.25) is 5.69 Å². The molecule has 0 saturated carbocycles. The summed E-state index contributed by atoms with van der Waals surface area (Å²) >= 11 is 12.5. The average molecular weight is 357 g/mol. The molecule has 0 aliphatic rings. The maximum atomic E-state index is 11.7. The summed E-state index contributed by atoms with van der Waals surface area (Å²) < 4.78 is 12.7. The Morgan fingerprint density at radius 1 is 1.35 bits per heavy atom. The first-order valence-electron chi connectivity index (χ1n) is 6.07. The third-order valence-electron chi connectivity index (χ3n) is 1.85. The number of rotatable bonds is 7. The van der Waals surface area contributed by atoms with E-state index < -0.39 is 5.69 Å². The lowest BCUT2D eigenvalue weighted by Gasteiger charge is -2.25. The summed E-state index contributed by atoms with van der Waals surface area (Å²) in [6.07, 6.45) is -0.0905.